The Bertz CT molecular complexity index is 753. The molecule has 2 aromatic rings. The second-order valence-electron chi connectivity index (χ2n) is 5.07. The van der Waals surface area contributed by atoms with Crippen LogP contribution in [0.15, 0.2) is 53.2 Å². The third kappa shape index (κ3) is 5.79. The van der Waals surface area contributed by atoms with Crippen LogP contribution in [0.1, 0.15) is 11.3 Å². The molecule has 1 aromatic carbocycles. The third-order valence-electron chi connectivity index (χ3n) is 3.13. The predicted octanol–water partition coefficient (Wildman–Crippen LogP) is 3.79. The highest BCUT2D eigenvalue weighted by Crippen LogP contribution is 2.19. The van der Waals surface area contributed by atoms with Gasteiger partial charge >= 0.3 is 6.18 Å². The number of nitro groups is 1. The summed E-state index contributed by atoms with van der Waals surface area (Å²) in [4.78, 5) is 22.7. The van der Waals surface area contributed by atoms with Crippen LogP contribution in [-0.4, -0.2) is 28.5 Å². The van der Waals surface area contributed by atoms with E-state index >= 15 is 0 Å². The molecule has 1 amide bonds. The molecule has 6 nitrogen and oxygen atoms in total. The van der Waals surface area contributed by atoms with Gasteiger partial charge in [-0.2, -0.15) is 13.2 Å². The third-order valence-corrected chi connectivity index (χ3v) is 3.13. The largest absolute Gasteiger partial charge is 0.467 e. The zero-order chi connectivity index (χ0) is 18.4. The van der Waals surface area contributed by atoms with E-state index in [1.165, 1.54) is 48.7 Å². The Labute approximate surface area is 140 Å². The number of non-ortho nitro benzene ring substituents is 1. The van der Waals surface area contributed by atoms with E-state index in [0.29, 0.717) is 10.5 Å². The highest BCUT2D eigenvalue weighted by molar-refractivity contribution is 5.91. The summed E-state index contributed by atoms with van der Waals surface area (Å²) in [5.41, 5.74) is 0.323. The number of nitro benzene ring substituents is 1. The van der Waals surface area contributed by atoms with Crippen LogP contribution in [-0.2, 0) is 11.3 Å². The molecule has 0 radical (unpaired) electrons. The van der Waals surface area contributed by atoms with Gasteiger partial charge in [0.15, 0.2) is 0 Å². The molecule has 2 rings (SSSR count). The summed E-state index contributed by atoms with van der Waals surface area (Å²) in [6, 6.07) is 8.24. The molecule has 1 aromatic heterocycles. The molecule has 0 aliphatic carbocycles. The molecule has 0 fully saturated rings. The highest BCUT2D eigenvalue weighted by atomic mass is 19.4. The maximum atomic E-state index is 12.7. The molecule has 0 spiro atoms. The molecule has 0 bridgehead atoms. The van der Waals surface area contributed by atoms with Gasteiger partial charge in [0.2, 0.25) is 5.91 Å². The molecule has 0 unspecified atom stereocenters. The van der Waals surface area contributed by atoms with Crippen molar-refractivity contribution >= 4 is 17.7 Å². The monoisotopic (exact) mass is 354 g/mol. The molecule has 0 saturated heterocycles. The second kappa shape index (κ2) is 7.65. The van der Waals surface area contributed by atoms with Gasteiger partial charge in [0.25, 0.3) is 5.69 Å². The minimum absolute atomic E-state index is 0.125. The molecule has 1 heterocycles. The van der Waals surface area contributed by atoms with Gasteiger partial charge in [-0.3, -0.25) is 14.9 Å². The van der Waals surface area contributed by atoms with Crippen LogP contribution >= 0.6 is 0 Å². The van der Waals surface area contributed by atoms with Crippen molar-refractivity contribution in [2.75, 3.05) is 6.54 Å². The standard InChI is InChI=1S/C16H13F3N2O4/c17-16(18,19)11-20(10-14-2-1-9-25-14)15(22)8-5-12-3-6-13(7-4-12)21(23)24/h1-9H,10-11H2/b8-5+. The van der Waals surface area contributed by atoms with Gasteiger partial charge in [-0.1, -0.05) is 0 Å². The van der Waals surface area contributed by atoms with Gasteiger partial charge in [0, 0.05) is 18.2 Å². The average molecular weight is 354 g/mol. The highest BCUT2D eigenvalue weighted by Gasteiger charge is 2.32. The fraction of sp³-hybridized carbons (Fsp3) is 0.188. The molecular weight excluding hydrogens is 341 g/mol. The first-order chi connectivity index (χ1) is 11.7. The van der Waals surface area contributed by atoms with Crippen LogP contribution in [0.2, 0.25) is 0 Å². The lowest BCUT2D eigenvalue weighted by Crippen LogP contribution is -2.37. The SMILES string of the molecule is O=C(/C=C/c1ccc([N+](=O)[O-])cc1)N(Cc1ccco1)CC(F)(F)F. The molecule has 0 saturated carbocycles. The maximum Gasteiger partial charge on any atom is 0.406 e. The Balaban J connectivity index is 2.10. The van der Waals surface area contributed by atoms with E-state index in [-0.39, 0.29) is 18.0 Å². The topological polar surface area (TPSA) is 76.6 Å². The van der Waals surface area contributed by atoms with Crippen molar-refractivity contribution in [3.63, 3.8) is 0 Å². The van der Waals surface area contributed by atoms with E-state index in [9.17, 15) is 28.1 Å². The predicted molar refractivity (Wildman–Crippen MR) is 82.3 cm³/mol. The molecule has 0 aliphatic heterocycles. The van der Waals surface area contributed by atoms with Crippen LogP contribution in [0.25, 0.3) is 6.08 Å². The fourth-order valence-electron chi connectivity index (χ4n) is 2.00. The average Bonchev–Trinajstić information content (AvgIpc) is 3.04. The summed E-state index contributed by atoms with van der Waals surface area (Å²) in [6.07, 6.45) is -0.977. The number of alkyl halides is 3. The van der Waals surface area contributed by atoms with Crippen LogP contribution in [0.4, 0.5) is 18.9 Å². The van der Waals surface area contributed by atoms with Gasteiger partial charge in [0.1, 0.15) is 12.3 Å². The quantitative estimate of drug-likeness (QED) is 0.449. The van der Waals surface area contributed by atoms with E-state index in [1.807, 2.05) is 0 Å². The Kier molecular flexibility index (Phi) is 5.58. The Morgan fingerprint density at radius 2 is 1.92 bits per heavy atom. The number of hydrogen-bond donors (Lipinski definition) is 0. The lowest BCUT2D eigenvalue weighted by Gasteiger charge is -2.21. The molecule has 132 valence electrons. The number of benzene rings is 1. The van der Waals surface area contributed by atoms with Crippen LogP contribution in [0.5, 0.6) is 0 Å². The van der Waals surface area contributed by atoms with Crippen LogP contribution in [0.3, 0.4) is 0 Å². The van der Waals surface area contributed by atoms with E-state index in [4.69, 9.17) is 4.42 Å². The van der Waals surface area contributed by atoms with Crippen molar-refractivity contribution in [3.8, 4) is 0 Å². The maximum absolute atomic E-state index is 12.7. The smallest absolute Gasteiger partial charge is 0.406 e. The summed E-state index contributed by atoms with van der Waals surface area (Å²) < 4.78 is 43.0. The zero-order valence-electron chi connectivity index (χ0n) is 12.8. The van der Waals surface area contributed by atoms with E-state index in [0.717, 1.165) is 6.08 Å². The number of rotatable bonds is 6. The number of carbonyl (C=O) groups excluding carboxylic acids is 1. The van der Waals surface area contributed by atoms with Crippen molar-refractivity contribution in [1.29, 1.82) is 0 Å². The molecule has 0 atom stereocenters. The van der Waals surface area contributed by atoms with Crippen LogP contribution < -0.4 is 0 Å². The summed E-state index contributed by atoms with van der Waals surface area (Å²) >= 11 is 0. The molecular formula is C16H13F3N2O4. The van der Waals surface area contributed by atoms with Crippen molar-refractivity contribution in [2.24, 2.45) is 0 Å². The minimum Gasteiger partial charge on any atom is -0.467 e. The lowest BCUT2D eigenvalue weighted by molar-refractivity contribution is -0.384. The van der Waals surface area contributed by atoms with Gasteiger partial charge in [0.05, 0.1) is 17.7 Å². The molecule has 0 aliphatic rings. The first kappa shape index (κ1) is 18.2. The van der Waals surface area contributed by atoms with Gasteiger partial charge in [-0.05, 0) is 35.9 Å². The summed E-state index contributed by atoms with van der Waals surface area (Å²) in [7, 11) is 0. The van der Waals surface area contributed by atoms with E-state index in [2.05, 4.69) is 0 Å². The van der Waals surface area contributed by atoms with E-state index in [1.54, 1.807) is 0 Å². The molecule has 25 heavy (non-hydrogen) atoms. The number of halogens is 3. The number of hydrogen-bond acceptors (Lipinski definition) is 4. The summed E-state index contributed by atoms with van der Waals surface area (Å²) in [5, 5.41) is 10.6. The molecule has 0 N–H and O–H groups in total. The number of nitrogens with zero attached hydrogens (tertiary/aromatic N) is 2. The fourth-order valence-corrected chi connectivity index (χ4v) is 2.00. The van der Waals surface area contributed by atoms with E-state index < -0.39 is 23.6 Å². The number of carbonyl (C=O) groups is 1. The van der Waals surface area contributed by atoms with Crippen molar-refractivity contribution in [3.05, 3.63) is 70.2 Å². The van der Waals surface area contributed by atoms with Gasteiger partial charge in [-0.15, -0.1) is 0 Å². The van der Waals surface area contributed by atoms with Crippen molar-refractivity contribution in [1.82, 2.24) is 4.90 Å². The minimum atomic E-state index is -4.55. The van der Waals surface area contributed by atoms with Gasteiger partial charge in [-0.25, -0.2) is 0 Å². The second-order valence-corrected chi connectivity index (χ2v) is 5.07. The molecule has 9 heteroatoms. The number of furan rings is 1. The Morgan fingerprint density at radius 3 is 2.44 bits per heavy atom. The zero-order valence-corrected chi connectivity index (χ0v) is 12.8. The number of amides is 1. The van der Waals surface area contributed by atoms with Gasteiger partial charge < -0.3 is 9.32 Å². The first-order valence-corrected chi connectivity index (χ1v) is 7.05. The summed E-state index contributed by atoms with van der Waals surface area (Å²) in [6.45, 7) is -1.74. The van der Waals surface area contributed by atoms with Crippen molar-refractivity contribution < 1.29 is 27.3 Å². The first-order valence-electron chi connectivity index (χ1n) is 7.05. The normalized spacial score (nSPS) is 11.6. The summed E-state index contributed by atoms with van der Waals surface area (Å²) in [5.74, 6) is -0.631. The Hall–Kier alpha value is -3.10. The van der Waals surface area contributed by atoms with Crippen LogP contribution in [0, 0.1) is 10.1 Å². The van der Waals surface area contributed by atoms with Crippen molar-refractivity contribution in [2.45, 2.75) is 12.7 Å². The lowest BCUT2D eigenvalue weighted by atomic mass is 10.2. The Morgan fingerprint density at radius 1 is 1.24 bits per heavy atom.